The molecular formula is C10H9BrN2O2. The van der Waals surface area contributed by atoms with Crippen molar-refractivity contribution < 1.29 is 9.26 Å². The Hall–Kier alpha value is -1.49. The Morgan fingerprint density at radius 1 is 1.47 bits per heavy atom. The van der Waals surface area contributed by atoms with Gasteiger partial charge in [0, 0.05) is 5.56 Å². The molecule has 0 amide bonds. The van der Waals surface area contributed by atoms with Crippen molar-refractivity contribution in [2.45, 2.75) is 0 Å². The fraction of sp³-hybridized carbons (Fsp3) is 0.100. The molecule has 4 nitrogen and oxygen atoms in total. The second kappa shape index (κ2) is 3.94. The van der Waals surface area contributed by atoms with Gasteiger partial charge >= 0.3 is 0 Å². The highest BCUT2D eigenvalue weighted by molar-refractivity contribution is 9.10. The summed E-state index contributed by atoms with van der Waals surface area (Å²) in [6.07, 6.45) is 0. The van der Waals surface area contributed by atoms with E-state index < -0.39 is 0 Å². The maximum absolute atomic E-state index is 5.78. The number of benzene rings is 1. The summed E-state index contributed by atoms with van der Waals surface area (Å²) in [6, 6.07) is 7.43. The van der Waals surface area contributed by atoms with E-state index in [0.717, 1.165) is 11.3 Å². The van der Waals surface area contributed by atoms with Gasteiger partial charge in [0.05, 0.1) is 7.11 Å². The number of hydrogen-bond donors (Lipinski definition) is 1. The zero-order chi connectivity index (χ0) is 10.8. The maximum atomic E-state index is 5.78. The molecule has 78 valence electrons. The molecule has 2 rings (SSSR count). The van der Waals surface area contributed by atoms with Crippen LogP contribution in [0.2, 0.25) is 0 Å². The van der Waals surface area contributed by atoms with Crippen molar-refractivity contribution in [1.82, 2.24) is 5.16 Å². The van der Waals surface area contributed by atoms with Crippen molar-refractivity contribution in [3.05, 3.63) is 28.9 Å². The van der Waals surface area contributed by atoms with E-state index in [9.17, 15) is 0 Å². The Kier molecular flexibility index (Phi) is 2.64. The van der Waals surface area contributed by atoms with Gasteiger partial charge in [-0.2, -0.15) is 0 Å². The van der Waals surface area contributed by atoms with Crippen LogP contribution in [0.1, 0.15) is 0 Å². The third-order valence-corrected chi connectivity index (χ3v) is 2.59. The molecule has 2 N–H and O–H groups in total. The lowest BCUT2D eigenvalue weighted by atomic mass is 10.1. The third kappa shape index (κ3) is 1.83. The lowest BCUT2D eigenvalue weighted by Crippen LogP contribution is -1.87. The highest BCUT2D eigenvalue weighted by Crippen LogP contribution is 2.32. The third-order valence-electron chi connectivity index (χ3n) is 2.02. The minimum atomic E-state index is 0.489. The van der Waals surface area contributed by atoms with Gasteiger partial charge in [-0.15, -0.1) is 0 Å². The van der Waals surface area contributed by atoms with Crippen molar-refractivity contribution in [3.8, 4) is 17.1 Å². The van der Waals surface area contributed by atoms with Crippen LogP contribution >= 0.6 is 15.9 Å². The molecule has 2 aromatic rings. The van der Waals surface area contributed by atoms with Gasteiger partial charge in [0.2, 0.25) is 0 Å². The summed E-state index contributed by atoms with van der Waals surface area (Å²) in [5.74, 6) is 1.29. The van der Waals surface area contributed by atoms with E-state index in [0.29, 0.717) is 16.1 Å². The van der Waals surface area contributed by atoms with E-state index in [2.05, 4.69) is 21.1 Å². The molecule has 5 heteroatoms. The Morgan fingerprint density at radius 2 is 2.27 bits per heavy atom. The van der Waals surface area contributed by atoms with Crippen molar-refractivity contribution >= 4 is 21.6 Å². The Labute approximate surface area is 95.1 Å². The van der Waals surface area contributed by atoms with Crippen LogP contribution < -0.4 is 10.5 Å². The number of anilines is 1. The van der Waals surface area contributed by atoms with Crippen LogP contribution in [-0.2, 0) is 0 Å². The summed E-state index contributed by atoms with van der Waals surface area (Å²) in [4.78, 5) is 0. The Morgan fingerprint density at radius 3 is 2.87 bits per heavy atom. The number of hydrogen-bond acceptors (Lipinski definition) is 4. The highest BCUT2D eigenvalue weighted by atomic mass is 79.9. The normalized spacial score (nSPS) is 10.3. The average Bonchev–Trinajstić information content (AvgIpc) is 2.60. The van der Waals surface area contributed by atoms with Gasteiger partial charge in [-0.3, -0.25) is 0 Å². The van der Waals surface area contributed by atoms with Gasteiger partial charge in [0.15, 0.2) is 10.4 Å². The van der Waals surface area contributed by atoms with Gasteiger partial charge in [-0.1, -0.05) is 17.3 Å². The molecule has 1 aromatic carbocycles. The number of nitrogens with zero attached hydrogens (tertiary/aromatic N) is 1. The van der Waals surface area contributed by atoms with Gasteiger partial charge in [0.25, 0.3) is 0 Å². The molecule has 0 bridgehead atoms. The molecule has 0 saturated heterocycles. The molecule has 0 fully saturated rings. The van der Waals surface area contributed by atoms with E-state index in [4.69, 9.17) is 15.0 Å². The largest absolute Gasteiger partial charge is 0.497 e. The first-order valence-corrected chi connectivity index (χ1v) is 5.06. The SMILES string of the molecule is COc1cccc(-c2onc(Br)c2N)c1. The lowest BCUT2D eigenvalue weighted by molar-refractivity contribution is 0.413. The van der Waals surface area contributed by atoms with E-state index in [1.807, 2.05) is 24.3 Å². The van der Waals surface area contributed by atoms with Gasteiger partial charge in [0.1, 0.15) is 11.4 Å². The smallest absolute Gasteiger partial charge is 0.191 e. The maximum Gasteiger partial charge on any atom is 0.191 e. The molecule has 0 saturated carbocycles. The van der Waals surface area contributed by atoms with E-state index in [-0.39, 0.29) is 0 Å². The van der Waals surface area contributed by atoms with Gasteiger partial charge < -0.3 is 15.0 Å². The van der Waals surface area contributed by atoms with E-state index in [1.165, 1.54) is 0 Å². The average molecular weight is 269 g/mol. The second-order valence-corrected chi connectivity index (χ2v) is 3.70. The Balaban J connectivity index is 2.49. The highest BCUT2D eigenvalue weighted by Gasteiger charge is 2.12. The summed E-state index contributed by atoms with van der Waals surface area (Å²) in [5, 5.41) is 3.72. The second-order valence-electron chi connectivity index (χ2n) is 2.95. The molecule has 0 aliphatic heterocycles. The molecule has 0 radical (unpaired) electrons. The predicted molar refractivity (Wildman–Crippen MR) is 60.6 cm³/mol. The quantitative estimate of drug-likeness (QED) is 0.910. The summed E-state index contributed by atoms with van der Waals surface area (Å²) < 4.78 is 10.7. The summed E-state index contributed by atoms with van der Waals surface area (Å²) >= 11 is 3.19. The predicted octanol–water partition coefficient (Wildman–Crippen LogP) is 2.69. The number of halogens is 1. The molecule has 1 heterocycles. The van der Waals surface area contributed by atoms with Crippen molar-refractivity contribution in [3.63, 3.8) is 0 Å². The summed E-state index contributed by atoms with van der Waals surface area (Å²) in [7, 11) is 1.61. The van der Waals surface area contributed by atoms with Crippen molar-refractivity contribution in [2.75, 3.05) is 12.8 Å². The zero-order valence-electron chi connectivity index (χ0n) is 8.03. The minimum absolute atomic E-state index is 0.489. The van der Waals surface area contributed by atoms with Gasteiger partial charge in [-0.05, 0) is 28.1 Å². The zero-order valence-corrected chi connectivity index (χ0v) is 9.61. The van der Waals surface area contributed by atoms with Crippen molar-refractivity contribution in [2.24, 2.45) is 0 Å². The van der Waals surface area contributed by atoms with E-state index >= 15 is 0 Å². The molecule has 1 aromatic heterocycles. The number of nitrogen functional groups attached to an aromatic ring is 1. The van der Waals surface area contributed by atoms with Crippen LogP contribution in [-0.4, -0.2) is 12.3 Å². The van der Waals surface area contributed by atoms with Crippen LogP contribution in [0.5, 0.6) is 5.75 Å². The first kappa shape index (κ1) is 10.0. The van der Waals surface area contributed by atoms with Gasteiger partial charge in [-0.25, -0.2) is 0 Å². The molecule has 0 unspecified atom stereocenters. The molecule has 0 atom stereocenters. The van der Waals surface area contributed by atoms with Crippen molar-refractivity contribution in [1.29, 1.82) is 0 Å². The van der Waals surface area contributed by atoms with Crippen LogP contribution in [0.15, 0.2) is 33.4 Å². The summed E-state index contributed by atoms with van der Waals surface area (Å²) in [6.45, 7) is 0. The minimum Gasteiger partial charge on any atom is -0.497 e. The Bertz CT molecular complexity index is 482. The van der Waals surface area contributed by atoms with Crippen LogP contribution in [0.25, 0.3) is 11.3 Å². The molecule has 15 heavy (non-hydrogen) atoms. The molecular weight excluding hydrogens is 260 g/mol. The lowest BCUT2D eigenvalue weighted by Gasteiger charge is -2.01. The van der Waals surface area contributed by atoms with Crippen LogP contribution in [0.3, 0.4) is 0 Å². The van der Waals surface area contributed by atoms with Crippen LogP contribution in [0.4, 0.5) is 5.69 Å². The standard InChI is InChI=1S/C10H9BrN2O2/c1-14-7-4-2-3-6(5-7)9-8(12)10(11)13-15-9/h2-5H,12H2,1H3. The fourth-order valence-electron chi connectivity index (χ4n) is 1.25. The fourth-order valence-corrected chi connectivity index (χ4v) is 1.50. The molecule has 0 spiro atoms. The summed E-state index contributed by atoms with van der Waals surface area (Å²) in [5.41, 5.74) is 7.11. The number of rotatable bonds is 2. The molecule has 0 aliphatic rings. The van der Waals surface area contributed by atoms with E-state index in [1.54, 1.807) is 7.11 Å². The number of nitrogens with two attached hydrogens (primary N) is 1. The van der Waals surface area contributed by atoms with Crippen LogP contribution in [0, 0.1) is 0 Å². The first-order valence-electron chi connectivity index (χ1n) is 4.27. The number of aromatic nitrogens is 1. The first-order chi connectivity index (χ1) is 7.22. The monoisotopic (exact) mass is 268 g/mol. The topological polar surface area (TPSA) is 61.3 Å². The number of ether oxygens (including phenoxy) is 1. The molecule has 0 aliphatic carbocycles. The number of methoxy groups -OCH3 is 1.